The second-order valence-electron chi connectivity index (χ2n) is 8.34. The minimum absolute atomic E-state index is 0.135. The zero-order valence-corrected chi connectivity index (χ0v) is 20.2. The average molecular weight is 451 g/mol. The number of amides is 1. The van der Waals surface area contributed by atoms with E-state index >= 15 is 0 Å². The summed E-state index contributed by atoms with van der Waals surface area (Å²) >= 11 is 0. The van der Waals surface area contributed by atoms with Crippen molar-refractivity contribution in [2.24, 2.45) is 0 Å². The van der Waals surface area contributed by atoms with Crippen molar-refractivity contribution in [3.63, 3.8) is 0 Å². The van der Waals surface area contributed by atoms with Crippen LogP contribution in [0.2, 0.25) is 0 Å². The first-order valence-corrected chi connectivity index (χ1v) is 11.6. The monoisotopic (exact) mass is 450 g/mol. The number of hydrogen-bond acceptors (Lipinski definition) is 5. The van der Waals surface area contributed by atoms with Crippen molar-refractivity contribution in [1.82, 2.24) is 9.80 Å². The molecular formula is C27H34N2O4. The first kappa shape index (κ1) is 24.5. The van der Waals surface area contributed by atoms with Gasteiger partial charge in [-0.15, -0.1) is 0 Å². The Hall–Kier alpha value is -3.12. The lowest BCUT2D eigenvalue weighted by Gasteiger charge is -2.28. The highest BCUT2D eigenvalue weighted by molar-refractivity contribution is 6.46. The van der Waals surface area contributed by atoms with Gasteiger partial charge in [-0.05, 0) is 63.2 Å². The fraction of sp³-hybridized carbons (Fsp3) is 0.407. The zero-order valence-electron chi connectivity index (χ0n) is 20.2. The third-order valence-corrected chi connectivity index (χ3v) is 6.25. The van der Waals surface area contributed by atoms with Gasteiger partial charge in [0.05, 0.1) is 18.2 Å². The van der Waals surface area contributed by atoms with Crippen LogP contribution in [0.1, 0.15) is 49.1 Å². The number of benzene rings is 2. The van der Waals surface area contributed by atoms with Gasteiger partial charge >= 0.3 is 0 Å². The molecule has 3 rings (SSSR count). The van der Waals surface area contributed by atoms with Crippen LogP contribution in [0.3, 0.4) is 0 Å². The molecule has 1 amide bonds. The second-order valence-corrected chi connectivity index (χ2v) is 8.34. The van der Waals surface area contributed by atoms with Crippen molar-refractivity contribution >= 4 is 17.4 Å². The van der Waals surface area contributed by atoms with E-state index in [-0.39, 0.29) is 11.3 Å². The smallest absolute Gasteiger partial charge is 0.295 e. The van der Waals surface area contributed by atoms with Crippen LogP contribution < -0.4 is 4.74 Å². The van der Waals surface area contributed by atoms with Crippen molar-refractivity contribution in [2.45, 2.75) is 40.7 Å². The fourth-order valence-electron chi connectivity index (χ4n) is 4.30. The number of likely N-dealkylation sites (N-methyl/N-ethyl adjacent to an activating group) is 1. The molecule has 1 heterocycles. The van der Waals surface area contributed by atoms with Crippen molar-refractivity contribution in [3.05, 3.63) is 70.3 Å². The van der Waals surface area contributed by atoms with Gasteiger partial charge in [0.25, 0.3) is 11.7 Å². The molecule has 2 aromatic carbocycles. The molecular weight excluding hydrogens is 416 g/mol. The molecule has 1 aliphatic heterocycles. The first-order chi connectivity index (χ1) is 15.8. The second kappa shape index (κ2) is 10.7. The molecule has 6 heteroatoms. The average Bonchev–Trinajstić information content (AvgIpc) is 3.05. The van der Waals surface area contributed by atoms with Crippen LogP contribution in [0.25, 0.3) is 5.76 Å². The molecule has 0 radical (unpaired) electrons. The molecule has 1 aliphatic rings. The molecule has 1 saturated heterocycles. The van der Waals surface area contributed by atoms with Crippen molar-refractivity contribution in [3.8, 4) is 5.75 Å². The van der Waals surface area contributed by atoms with E-state index < -0.39 is 17.7 Å². The van der Waals surface area contributed by atoms with Gasteiger partial charge < -0.3 is 19.6 Å². The molecule has 2 aromatic rings. The first-order valence-electron chi connectivity index (χ1n) is 11.6. The van der Waals surface area contributed by atoms with Crippen molar-refractivity contribution < 1.29 is 19.4 Å². The Morgan fingerprint density at radius 1 is 1.03 bits per heavy atom. The predicted octanol–water partition coefficient (Wildman–Crippen LogP) is 4.47. The summed E-state index contributed by atoms with van der Waals surface area (Å²) in [6.07, 6.45) is 0. The minimum atomic E-state index is -0.647. The molecule has 0 saturated carbocycles. The predicted molar refractivity (Wildman–Crippen MR) is 130 cm³/mol. The number of rotatable bonds is 9. The summed E-state index contributed by atoms with van der Waals surface area (Å²) in [5.74, 6) is -0.671. The Labute approximate surface area is 196 Å². The van der Waals surface area contributed by atoms with E-state index in [1.165, 1.54) is 0 Å². The topological polar surface area (TPSA) is 70.1 Å². The molecule has 1 unspecified atom stereocenters. The van der Waals surface area contributed by atoms with Crippen LogP contribution in [0.4, 0.5) is 0 Å². The Morgan fingerprint density at radius 3 is 2.27 bits per heavy atom. The van der Waals surface area contributed by atoms with Gasteiger partial charge in [0, 0.05) is 18.7 Å². The summed E-state index contributed by atoms with van der Waals surface area (Å²) in [5, 5.41) is 11.3. The molecule has 0 spiro atoms. The quantitative estimate of drug-likeness (QED) is 0.347. The van der Waals surface area contributed by atoms with Crippen LogP contribution in [0.15, 0.2) is 48.0 Å². The molecule has 1 N–H and O–H groups in total. The number of nitrogens with zero attached hydrogens (tertiary/aromatic N) is 2. The SMILES string of the molecule is CCOc1ccc(/C(O)=C2/C(=O)C(=O)N(CCN(CC)CC)C2c2ccc(C)cc2)c(C)c1. The van der Waals surface area contributed by atoms with E-state index in [1.54, 1.807) is 17.0 Å². The van der Waals surface area contributed by atoms with Crippen molar-refractivity contribution in [1.29, 1.82) is 0 Å². The van der Waals surface area contributed by atoms with E-state index in [1.807, 2.05) is 51.1 Å². The Kier molecular flexibility index (Phi) is 7.92. The summed E-state index contributed by atoms with van der Waals surface area (Å²) < 4.78 is 5.55. The number of carbonyl (C=O) groups excluding carboxylic acids is 2. The number of ether oxygens (including phenoxy) is 1. The number of aliphatic hydroxyl groups excluding tert-OH is 1. The Bertz CT molecular complexity index is 1040. The number of likely N-dealkylation sites (tertiary alicyclic amines) is 1. The molecule has 0 aliphatic carbocycles. The number of carbonyl (C=O) groups is 2. The maximum Gasteiger partial charge on any atom is 0.295 e. The lowest BCUT2D eigenvalue weighted by molar-refractivity contribution is -0.140. The van der Waals surface area contributed by atoms with Crippen LogP contribution in [0.5, 0.6) is 5.75 Å². The van der Waals surface area contributed by atoms with Gasteiger partial charge in [-0.3, -0.25) is 9.59 Å². The lowest BCUT2D eigenvalue weighted by Crippen LogP contribution is -2.38. The third kappa shape index (κ3) is 5.11. The molecule has 0 bridgehead atoms. The highest BCUT2D eigenvalue weighted by atomic mass is 16.5. The molecule has 1 atom stereocenters. The largest absolute Gasteiger partial charge is 0.507 e. The van der Waals surface area contributed by atoms with Crippen LogP contribution in [0, 0.1) is 13.8 Å². The third-order valence-electron chi connectivity index (χ3n) is 6.25. The number of aliphatic hydroxyl groups is 1. The molecule has 0 aromatic heterocycles. The highest BCUT2D eigenvalue weighted by Crippen LogP contribution is 2.40. The van der Waals surface area contributed by atoms with Gasteiger partial charge in [0.1, 0.15) is 11.5 Å². The molecule has 6 nitrogen and oxygen atoms in total. The number of aryl methyl sites for hydroxylation is 2. The number of hydrogen-bond donors (Lipinski definition) is 1. The maximum absolute atomic E-state index is 13.2. The normalized spacial score (nSPS) is 17.8. The van der Waals surface area contributed by atoms with E-state index in [0.717, 1.165) is 29.8 Å². The van der Waals surface area contributed by atoms with Crippen LogP contribution in [-0.2, 0) is 9.59 Å². The maximum atomic E-state index is 13.2. The summed E-state index contributed by atoms with van der Waals surface area (Å²) in [5.41, 5.74) is 3.33. The van der Waals surface area contributed by atoms with Gasteiger partial charge in [0.15, 0.2) is 0 Å². The Morgan fingerprint density at radius 2 is 1.70 bits per heavy atom. The fourth-order valence-corrected chi connectivity index (χ4v) is 4.30. The van der Waals surface area contributed by atoms with E-state index in [2.05, 4.69) is 18.7 Å². The van der Waals surface area contributed by atoms with Crippen LogP contribution in [-0.4, -0.2) is 59.4 Å². The molecule has 1 fully saturated rings. The van der Waals surface area contributed by atoms with Gasteiger partial charge in [-0.25, -0.2) is 0 Å². The molecule has 33 heavy (non-hydrogen) atoms. The van der Waals surface area contributed by atoms with Gasteiger partial charge in [-0.1, -0.05) is 43.7 Å². The zero-order chi connectivity index (χ0) is 24.1. The summed E-state index contributed by atoms with van der Waals surface area (Å²) in [4.78, 5) is 30.1. The summed E-state index contributed by atoms with van der Waals surface area (Å²) in [6.45, 7) is 13.2. The Balaban J connectivity index is 2.10. The standard InChI is InChI=1S/C27H34N2O4/c1-6-28(7-2)15-16-29-24(20-11-9-18(4)10-12-20)23(26(31)27(29)32)25(30)22-14-13-21(33-8-3)17-19(22)5/h9-14,17,24,30H,6-8,15-16H2,1-5H3/b25-23-. The lowest BCUT2D eigenvalue weighted by atomic mass is 9.93. The highest BCUT2D eigenvalue weighted by Gasteiger charge is 2.46. The van der Waals surface area contributed by atoms with E-state index in [9.17, 15) is 14.7 Å². The number of ketones is 1. The van der Waals surface area contributed by atoms with Gasteiger partial charge in [0.2, 0.25) is 0 Å². The van der Waals surface area contributed by atoms with Crippen LogP contribution >= 0.6 is 0 Å². The number of Topliss-reactive ketones (excluding diaryl/α,β-unsaturated/α-hetero) is 1. The summed E-state index contributed by atoms with van der Waals surface area (Å²) in [7, 11) is 0. The molecule has 176 valence electrons. The van der Waals surface area contributed by atoms with E-state index in [0.29, 0.717) is 31.0 Å². The summed E-state index contributed by atoms with van der Waals surface area (Å²) in [6, 6.07) is 12.5. The van der Waals surface area contributed by atoms with Crippen molar-refractivity contribution in [2.75, 3.05) is 32.8 Å². The van der Waals surface area contributed by atoms with E-state index in [4.69, 9.17) is 4.74 Å². The minimum Gasteiger partial charge on any atom is -0.507 e. The van der Waals surface area contributed by atoms with Gasteiger partial charge in [-0.2, -0.15) is 0 Å².